The van der Waals surface area contributed by atoms with Crippen LogP contribution in [0.5, 0.6) is 0 Å². The molecule has 1 rings (SSSR count). The second kappa shape index (κ2) is 5.31. The number of nitrogens with zero attached hydrogens (tertiary/aromatic N) is 1. The van der Waals surface area contributed by atoms with Gasteiger partial charge < -0.3 is 15.2 Å². The molecule has 0 unspecified atom stereocenters. The Morgan fingerprint density at radius 2 is 2.06 bits per heavy atom. The highest BCUT2D eigenvalue weighted by Gasteiger charge is 2.26. The van der Waals surface area contributed by atoms with E-state index in [0.717, 1.165) is 17.0 Å². The molecule has 2 N–H and O–H groups in total. The van der Waals surface area contributed by atoms with Gasteiger partial charge in [0.2, 0.25) is 5.91 Å². The molecule has 1 heterocycles. The summed E-state index contributed by atoms with van der Waals surface area (Å²) in [4.78, 5) is 11.6. The number of aryl methyl sites for hydroxylation is 2. The molecule has 0 aliphatic heterocycles. The Bertz CT molecular complexity index is 377. The molecule has 17 heavy (non-hydrogen) atoms. The highest BCUT2D eigenvalue weighted by Crippen LogP contribution is 2.15. The number of rotatable bonds is 5. The third-order valence-corrected chi connectivity index (χ3v) is 2.89. The average Bonchev–Trinajstić information content (AvgIpc) is 2.59. The lowest BCUT2D eigenvalue weighted by Crippen LogP contribution is -2.41. The van der Waals surface area contributed by atoms with Gasteiger partial charge in [-0.15, -0.1) is 0 Å². The summed E-state index contributed by atoms with van der Waals surface area (Å²) in [7, 11) is 1.65. The van der Waals surface area contributed by atoms with E-state index in [4.69, 9.17) is 4.52 Å². The fourth-order valence-corrected chi connectivity index (χ4v) is 1.67. The lowest BCUT2D eigenvalue weighted by molar-refractivity contribution is -0.128. The van der Waals surface area contributed by atoms with Crippen LogP contribution in [0.15, 0.2) is 4.52 Å². The van der Waals surface area contributed by atoms with Crippen molar-refractivity contribution in [1.29, 1.82) is 0 Å². The lowest BCUT2D eigenvalue weighted by atomic mass is 9.92. The van der Waals surface area contributed by atoms with Crippen molar-refractivity contribution < 1.29 is 9.32 Å². The van der Waals surface area contributed by atoms with Crippen LogP contribution >= 0.6 is 0 Å². The molecule has 0 fully saturated rings. The van der Waals surface area contributed by atoms with Crippen molar-refractivity contribution in [2.75, 3.05) is 13.6 Å². The van der Waals surface area contributed by atoms with E-state index in [9.17, 15) is 4.79 Å². The zero-order chi connectivity index (χ0) is 13.1. The minimum atomic E-state index is -0.423. The number of nitrogens with one attached hydrogen (secondary N) is 2. The van der Waals surface area contributed by atoms with Crippen LogP contribution in [0.25, 0.3) is 0 Å². The van der Waals surface area contributed by atoms with Gasteiger partial charge in [-0.3, -0.25) is 4.79 Å². The molecule has 1 aromatic heterocycles. The van der Waals surface area contributed by atoms with Gasteiger partial charge in [0.05, 0.1) is 11.1 Å². The number of carbonyl (C=O) groups is 1. The molecule has 5 nitrogen and oxygen atoms in total. The molecule has 0 radical (unpaired) electrons. The quantitative estimate of drug-likeness (QED) is 0.809. The second-order valence-corrected chi connectivity index (χ2v) is 4.87. The van der Waals surface area contributed by atoms with Crippen LogP contribution in [-0.4, -0.2) is 24.7 Å². The summed E-state index contributed by atoms with van der Waals surface area (Å²) < 4.78 is 5.08. The number of carbonyl (C=O) groups excluding carboxylic acids is 1. The first kappa shape index (κ1) is 13.7. The molecule has 0 aromatic carbocycles. The van der Waals surface area contributed by atoms with Crippen LogP contribution in [0.4, 0.5) is 0 Å². The van der Waals surface area contributed by atoms with E-state index in [-0.39, 0.29) is 5.91 Å². The molecular formula is C12H21N3O2. The monoisotopic (exact) mass is 239 g/mol. The van der Waals surface area contributed by atoms with E-state index in [1.54, 1.807) is 7.05 Å². The van der Waals surface area contributed by atoms with Gasteiger partial charge >= 0.3 is 0 Å². The van der Waals surface area contributed by atoms with E-state index in [2.05, 4.69) is 15.8 Å². The Labute approximate surface area is 102 Å². The average molecular weight is 239 g/mol. The standard InChI is InChI=1S/C12H21N3O2/c1-8-10(9(2)17-15-8)6-14-7-12(3,4)11(16)13-5/h14H,6-7H2,1-5H3,(H,13,16). The van der Waals surface area contributed by atoms with Crippen molar-refractivity contribution in [3.8, 4) is 0 Å². The fraction of sp³-hybridized carbons (Fsp3) is 0.667. The molecule has 0 aliphatic rings. The molecule has 5 heteroatoms. The van der Waals surface area contributed by atoms with Crippen LogP contribution in [0, 0.1) is 19.3 Å². The molecule has 0 aliphatic carbocycles. The van der Waals surface area contributed by atoms with Gasteiger partial charge in [0.25, 0.3) is 0 Å². The zero-order valence-corrected chi connectivity index (χ0v) is 11.2. The Balaban J connectivity index is 2.51. The van der Waals surface area contributed by atoms with Crippen molar-refractivity contribution in [3.05, 3.63) is 17.0 Å². The maximum absolute atomic E-state index is 11.6. The number of hydrogen-bond donors (Lipinski definition) is 2. The van der Waals surface area contributed by atoms with Crippen molar-refractivity contribution in [3.63, 3.8) is 0 Å². The van der Waals surface area contributed by atoms with E-state index in [1.165, 1.54) is 0 Å². The number of aromatic nitrogens is 1. The van der Waals surface area contributed by atoms with Crippen molar-refractivity contribution in [2.45, 2.75) is 34.2 Å². The molecule has 0 spiro atoms. The first-order chi connectivity index (χ1) is 7.88. The Morgan fingerprint density at radius 1 is 1.41 bits per heavy atom. The van der Waals surface area contributed by atoms with Crippen LogP contribution in [0.3, 0.4) is 0 Å². The maximum atomic E-state index is 11.6. The Hall–Kier alpha value is -1.36. The molecule has 96 valence electrons. The second-order valence-electron chi connectivity index (χ2n) is 4.87. The van der Waals surface area contributed by atoms with Crippen molar-refractivity contribution in [1.82, 2.24) is 15.8 Å². The van der Waals surface area contributed by atoms with Crippen molar-refractivity contribution >= 4 is 5.91 Å². The van der Waals surface area contributed by atoms with Gasteiger partial charge in [0.15, 0.2) is 0 Å². The molecule has 0 saturated heterocycles. The summed E-state index contributed by atoms with van der Waals surface area (Å²) in [5, 5.41) is 9.81. The van der Waals surface area contributed by atoms with E-state index in [0.29, 0.717) is 13.1 Å². The first-order valence-electron chi connectivity index (χ1n) is 5.73. The predicted octanol–water partition coefficient (Wildman–Crippen LogP) is 1.15. The lowest BCUT2D eigenvalue weighted by Gasteiger charge is -2.22. The first-order valence-corrected chi connectivity index (χ1v) is 5.73. The zero-order valence-electron chi connectivity index (χ0n) is 11.2. The van der Waals surface area contributed by atoms with Gasteiger partial charge in [0, 0.05) is 25.7 Å². The van der Waals surface area contributed by atoms with Gasteiger partial charge in [-0.1, -0.05) is 5.16 Å². The van der Waals surface area contributed by atoms with E-state index >= 15 is 0 Å². The number of amides is 1. The van der Waals surface area contributed by atoms with Crippen LogP contribution in [0.2, 0.25) is 0 Å². The molecule has 0 bridgehead atoms. The summed E-state index contributed by atoms with van der Waals surface area (Å²) in [5.41, 5.74) is 1.54. The van der Waals surface area contributed by atoms with Gasteiger partial charge in [-0.2, -0.15) is 0 Å². The highest BCUT2D eigenvalue weighted by molar-refractivity contribution is 5.81. The predicted molar refractivity (Wildman–Crippen MR) is 65.5 cm³/mol. The van der Waals surface area contributed by atoms with Gasteiger partial charge in [0.1, 0.15) is 5.76 Å². The van der Waals surface area contributed by atoms with Crippen LogP contribution in [0.1, 0.15) is 30.9 Å². The van der Waals surface area contributed by atoms with Gasteiger partial charge in [-0.25, -0.2) is 0 Å². The van der Waals surface area contributed by atoms with E-state index in [1.807, 2.05) is 27.7 Å². The summed E-state index contributed by atoms with van der Waals surface area (Å²) in [6.45, 7) is 8.90. The maximum Gasteiger partial charge on any atom is 0.226 e. The summed E-state index contributed by atoms with van der Waals surface area (Å²) in [5.74, 6) is 0.858. The molecule has 1 amide bonds. The molecule has 0 atom stereocenters. The third-order valence-electron chi connectivity index (χ3n) is 2.89. The Kier molecular flexibility index (Phi) is 4.28. The fourth-order valence-electron chi connectivity index (χ4n) is 1.67. The topological polar surface area (TPSA) is 67.2 Å². The minimum absolute atomic E-state index is 0.0313. The van der Waals surface area contributed by atoms with Crippen LogP contribution in [-0.2, 0) is 11.3 Å². The highest BCUT2D eigenvalue weighted by atomic mass is 16.5. The third kappa shape index (κ3) is 3.30. The SMILES string of the molecule is CNC(=O)C(C)(C)CNCc1c(C)noc1C. The van der Waals surface area contributed by atoms with Gasteiger partial charge in [-0.05, 0) is 27.7 Å². The molecule has 1 aromatic rings. The Morgan fingerprint density at radius 3 is 2.53 bits per heavy atom. The van der Waals surface area contributed by atoms with E-state index < -0.39 is 5.41 Å². The van der Waals surface area contributed by atoms with Crippen molar-refractivity contribution in [2.24, 2.45) is 5.41 Å². The number of hydrogen-bond acceptors (Lipinski definition) is 4. The normalized spacial score (nSPS) is 11.6. The smallest absolute Gasteiger partial charge is 0.226 e. The minimum Gasteiger partial charge on any atom is -0.361 e. The summed E-state index contributed by atoms with van der Waals surface area (Å²) in [6, 6.07) is 0. The summed E-state index contributed by atoms with van der Waals surface area (Å²) in [6.07, 6.45) is 0. The largest absolute Gasteiger partial charge is 0.361 e. The molecule has 0 saturated carbocycles. The van der Waals surface area contributed by atoms with Crippen LogP contribution < -0.4 is 10.6 Å². The molecular weight excluding hydrogens is 218 g/mol. The summed E-state index contributed by atoms with van der Waals surface area (Å²) >= 11 is 0.